The third-order valence-corrected chi connectivity index (χ3v) is 5.52. The summed E-state index contributed by atoms with van der Waals surface area (Å²) in [5.74, 6) is -5.16. The summed E-state index contributed by atoms with van der Waals surface area (Å²) in [6.07, 6.45) is 0. The third-order valence-electron chi connectivity index (χ3n) is 3.70. The number of likely N-dealkylation sites (N-methyl/N-ethyl adjacent to an activating group) is 1. The highest BCUT2D eigenvalue weighted by atomic mass is 32.2. The fourth-order valence-corrected chi connectivity index (χ4v) is 3.69. The van der Waals surface area contributed by atoms with Crippen LogP contribution in [0.15, 0.2) is 41.3 Å². The first-order valence-corrected chi connectivity index (χ1v) is 9.63. The minimum Gasteiger partial charge on any atom is -0.451 e. The zero-order chi connectivity index (χ0) is 21.6. The van der Waals surface area contributed by atoms with Crippen molar-refractivity contribution in [2.75, 3.05) is 26.7 Å². The molecule has 29 heavy (non-hydrogen) atoms. The first-order chi connectivity index (χ1) is 13.7. The van der Waals surface area contributed by atoms with Gasteiger partial charge in [0.25, 0.3) is 5.91 Å². The topological polar surface area (TPSA) is 108 Å². The highest BCUT2D eigenvalue weighted by molar-refractivity contribution is 7.89. The van der Waals surface area contributed by atoms with Gasteiger partial charge in [0.15, 0.2) is 17.4 Å². The first kappa shape index (κ1) is 22.6. The Hall–Kier alpha value is -2.67. The van der Waals surface area contributed by atoms with Gasteiger partial charge in [0, 0.05) is 13.1 Å². The molecule has 8 nitrogen and oxygen atoms in total. The van der Waals surface area contributed by atoms with Crippen molar-refractivity contribution in [1.82, 2.24) is 15.1 Å². The van der Waals surface area contributed by atoms with Gasteiger partial charge in [-0.25, -0.2) is 27.1 Å². The van der Waals surface area contributed by atoms with Crippen LogP contribution in [0.1, 0.15) is 0 Å². The molecule has 12 heteroatoms. The van der Waals surface area contributed by atoms with Crippen LogP contribution in [0.3, 0.4) is 0 Å². The first-order valence-electron chi connectivity index (χ1n) is 8.19. The lowest BCUT2D eigenvalue weighted by atomic mass is 10.3. The molecule has 158 valence electrons. The molecular formula is C17H18F3N3O5S. The van der Waals surface area contributed by atoms with E-state index in [0.29, 0.717) is 16.4 Å². The average molecular weight is 433 g/mol. The average Bonchev–Trinajstić information content (AvgIpc) is 2.68. The number of carbonyl (C=O) groups is 1. The van der Waals surface area contributed by atoms with Crippen molar-refractivity contribution in [2.24, 2.45) is 0 Å². The van der Waals surface area contributed by atoms with E-state index in [1.54, 1.807) is 0 Å². The Bertz CT molecular complexity index is 948. The number of nitrogens with zero attached hydrogens (tertiary/aromatic N) is 1. The number of hydroxylamine groups is 1. The zero-order valence-corrected chi connectivity index (χ0v) is 16.0. The van der Waals surface area contributed by atoms with Crippen LogP contribution in [0, 0.1) is 17.5 Å². The lowest BCUT2D eigenvalue weighted by Crippen LogP contribution is -2.42. The normalized spacial score (nSPS) is 11.5. The number of hydrogen-bond donors (Lipinski definition) is 3. The summed E-state index contributed by atoms with van der Waals surface area (Å²) in [4.78, 5) is 10.6. The molecule has 2 aromatic rings. The molecule has 0 aliphatic carbocycles. The molecule has 1 amide bonds. The van der Waals surface area contributed by atoms with E-state index in [4.69, 9.17) is 9.94 Å². The van der Waals surface area contributed by atoms with Crippen LogP contribution in [0.5, 0.6) is 11.5 Å². The molecule has 0 aliphatic rings. The number of benzene rings is 2. The Morgan fingerprint density at radius 2 is 1.72 bits per heavy atom. The van der Waals surface area contributed by atoms with Crippen LogP contribution in [0.4, 0.5) is 13.2 Å². The lowest BCUT2D eigenvalue weighted by molar-refractivity contribution is -0.129. The van der Waals surface area contributed by atoms with Crippen LogP contribution >= 0.6 is 0 Å². The van der Waals surface area contributed by atoms with Gasteiger partial charge in [-0.15, -0.1) is 0 Å². The molecule has 0 spiro atoms. The maximum atomic E-state index is 14.4. The molecular weight excluding hydrogens is 415 g/mol. The van der Waals surface area contributed by atoms with Crippen LogP contribution in [0.25, 0.3) is 0 Å². The number of sulfonamides is 1. The molecule has 0 fully saturated rings. The standard InChI is InChI=1S/C17H18F3N3O5S/c1-21-6-7-23(10-16(24)22-25)29(26,27)13-8-14(19)17(15(20)9-13)28-12-4-2-11(18)3-5-12/h2-5,8-9,21,25H,6-7,10H2,1H3,(H,22,24). The van der Waals surface area contributed by atoms with Gasteiger partial charge in [-0.05, 0) is 43.4 Å². The number of ether oxygens (including phenoxy) is 1. The van der Waals surface area contributed by atoms with Crippen LogP contribution in [-0.4, -0.2) is 50.5 Å². The van der Waals surface area contributed by atoms with Crippen molar-refractivity contribution in [2.45, 2.75) is 4.90 Å². The predicted molar refractivity (Wildman–Crippen MR) is 95.4 cm³/mol. The van der Waals surface area contributed by atoms with Crippen molar-refractivity contribution in [1.29, 1.82) is 0 Å². The van der Waals surface area contributed by atoms with Gasteiger partial charge in [0.05, 0.1) is 11.4 Å². The molecule has 0 saturated carbocycles. The second-order valence-electron chi connectivity index (χ2n) is 5.75. The van der Waals surface area contributed by atoms with Crippen molar-refractivity contribution in [3.05, 3.63) is 53.8 Å². The summed E-state index contributed by atoms with van der Waals surface area (Å²) in [5.41, 5.74) is 1.30. The van der Waals surface area contributed by atoms with E-state index in [2.05, 4.69) is 5.32 Å². The van der Waals surface area contributed by atoms with Gasteiger partial charge in [0.1, 0.15) is 11.6 Å². The number of nitrogens with one attached hydrogen (secondary N) is 2. The van der Waals surface area contributed by atoms with E-state index in [-0.39, 0.29) is 18.8 Å². The Kier molecular flexibility index (Phi) is 7.56. The molecule has 0 aliphatic heterocycles. The number of halogens is 3. The van der Waals surface area contributed by atoms with Crippen molar-refractivity contribution in [3.8, 4) is 11.5 Å². The highest BCUT2D eigenvalue weighted by Gasteiger charge is 2.29. The van der Waals surface area contributed by atoms with E-state index >= 15 is 0 Å². The summed E-state index contributed by atoms with van der Waals surface area (Å²) in [7, 11) is -2.94. The molecule has 0 heterocycles. The minimum absolute atomic E-state index is 0.0601. The van der Waals surface area contributed by atoms with Crippen molar-refractivity contribution < 1.29 is 36.3 Å². The molecule has 0 saturated heterocycles. The van der Waals surface area contributed by atoms with Gasteiger partial charge < -0.3 is 10.1 Å². The summed E-state index contributed by atoms with van der Waals surface area (Å²) < 4.78 is 72.8. The number of hydrogen-bond acceptors (Lipinski definition) is 6. The van der Waals surface area contributed by atoms with Gasteiger partial charge in [-0.1, -0.05) is 0 Å². The van der Waals surface area contributed by atoms with E-state index in [1.165, 1.54) is 12.5 Å². The Morgan fingerprint density at radius 1 is 1.14 bits per heavy atom. The Morgan fingerprint density at radius 3 is 2.24 bits per heavy atom. The summed E-state index contributed by atoms with van der Waals surface area (Å²) >= 11 is 0. The second kappa shape index (κ2) is 9.69. The molecule has 0 unspecified atom stereocenters. The smallest absolute Gasteiger partial charge is 0.258 e. The Balaban J connectivity index is 2.37. The molecule has 2 aromatic carbocycles. The quantitative estimate of drug-likeness (QED) is 0.410. The summed E-state index contributed by atoms with van der Waals surface area (Å²) in [5, 5.41) is 11.3. The SMILES string of the molecule is CNCCN(CC(=O)NO)S(=O)(=O)c1cc(F)c(Oc2ccc(F)cc2)c(F)c1. The van der Waals surface area contributed by atoms with Gasteiger partial charge in [0.2, 0.25) is 10.0 Å². The monoisotopic (exact) mass is 433 g/mol. The fraction of sp³-hybridized carbons (Fsp3) is 0.235. The summed E-state index contributed by atoms with van der Waals surface area (Å²) in [6, 6.07) is 5.42. The maximum absolute atomic E-state index is 14.4. The summed E-state index contributed by atoms with van der Waals surface area (Å²) in [6.45, 7) is -0.838. The van der Waals surface area contributed by atoms with Crippen molar-refractivity contribution >= 4 is 15.9 Å². The van der Waals surface area contributed by atoms with E-state index < -0.39 is 50.6 Å². The fourth-order valence-electron chi connectivity index (χ4n) is 2.27. The van der Waals surface area contributed by atoms with Crippen molar-refractivity contribution in [3.63, 3.8) is 0 Å². The maximum Gasteiger partial charge on any atom is 0.258 e. The molecule has 0 atom stereocenters. The minimum atomic E-state index is -4.48. The molecule has 0 radical (unpaired) electrons. The van der Waals surface area contributed by atoms with Crippen LogP contribution in [0.2, 0.25) is 0 Å². The second-order valence-corrected chi connectivity index (χ2v) is 7.69. The van der Waals surface area contributed by atoms with Gasteiger partial charge >= 0.3 is 0 Å². The van der Waals surface area contributed by atoms with Crippen LogP contribution in [-0.2, 0) is 14.8 Å². The largest absolute Gasteiger partial charge is 0.451 e. The predicted octanol–water partition coefficient (Wildman–Crippen LogP) is 1.61. The molecule has 2 rings (SSSR count). The van der Waals surface area contributed by atoms with Gasteiger partial charge in [-0.3, -0.25) is 10.0 Å². The van der Waals surface area contributed by atoms with E-state index in [0.717, 1.165) is 24.3 Å². The lowest BCUT2D eigenvalue weighted by Gasteiger charge is -2.21. The third kappa shape index (κ3) is 5.67. The highest BCUT2D eigenvalue weighted by Crippen LogP contribution is 2.31. The molecule has 0 aromatic heterocycles. The van der Waals surface area contributed by atoms with Crippen LogP contribution < -0.4 is 15.5 Å². The number of carbonyl (C=O) groups excluding carboxylic acids is 1. The number of amides is 1. The Labute approximate surface area is 164 Å². The van der Waals surface area contributed by atoms with Gasteiger partial charge in [-0.2, -0.15) is 4.31 Å². The number of rotatable bonds is 9. The van der Waals surface area contributed by atoms with E-state index in [9.17, 15) is 26.4 Å². The molecule has 3 N–H and O–H groups in total. The zero-order valence-electron chi connectivity index (χ0n) is 15.2. The molecule has 0 bridgehead atoms. The van der Waals surface area contributed by atoms with E-state index in [1.807, 2.05) is 0 Å².